The van der Waals surface area contributed by atoms with E-state index in [1.807, 2.05) is 30.3 Å². The second-order valence-corrected chi connectivity index (χ2v) is 7.22. The molecule has 1 heterocycles. The van der Waals surface area contributed by atoms with Crippen LogP contribution in [0.5, 0.6) is 0 Å². The van der Waals surface area contributed by atoms with Crippen LogP contribution in [0.15, 0.2) is 30.3 Å². The summed E-state index contributed by atoms with van der Waals surface area (Å²) >= 11 is 0. The molecule has 26 heavy (non-hydrogen) atoms. The molecule has 136 valence electrons. The molecular formula is C19H23N5O2. The van der Waals surface area contributed by atoms with Crippen molar-refractivity contribution >= 4 is 23.6 Å². The minimum absolute atomic E-state index is 0.00976. The van der Waals surface area contributed by atoms with E-state index in [-0.39, 0.29) is 18.5 Å². The van der Waals surface area contributed by atoms with Crippen LogP contribution in [0.2, 0.25) is 0 Å². The number of nitrogens with zero attached hydrogens (tertiary/aromatic N) is 3. The van der Waals surface area contributed by atoms with Gasteiger partial charge in [0.2, 0.25) is 11.9 Å². The summed E-state index contributed by atoms with van der Waals surface area (Å²) in [5.41, 5.74) is 6.59. The number of carbonyl (C=O) groups is 1. The number of carbonyl (C=O) groups excluding carboxylic acids is 1. The quantitative estimate of drug-likeness (QED) is 0.769. The summed E-state index contributed by atoms with van der Waals surface area (Å²) in [5.74, 6) is 2.62. The Kier molecular flexibility index (Phi) is 4.69. The van der Waals surface area contributed by atoms with Crippen LogP contribution < -0.4 is 11.1 Å². The zero-order chi connectivity index (χ0) is 17.9. The third-order valence-corrected chi connectivity index (χ3v) is 5.40. The first-order valence-electron chi connectivity index (χ1n) is 9.14. The maximum absolute atomic E-state index is 12.2. The fraction of sp³-hybridized carbons (Fsp3) is 0.474. The van der Waals surface area contributed by atoms with Crippen LogP contribution in [0.3, 0.4) is 0 Å². The van der Waals surface area contributed by atoms with Crippen molar-refractivity contribution in [2.24, 2.45) is 17.8 Å². The van der Waals surface area contributed by atoms with Gasteiger partial charge in [0.05, 0.1) is 0 Å². The summed E-state index contributed by atoms with van der Waals surface area (Å²) in [5, 5.41) is 3.07. The van der Waals surface area contributed by atoms with Gasteiger partial charge >= 0.3 is 5.97 Å². The molecule has 3 N–H and O–H groups in total. The summed E-state index contributed by atoms with van der Waals surface area (Å²) in [4.78, 5) is 24.6. The van der Waals surface area contributed by atoms with Crippen LogP contribution >= 0.6 is 0 Å². The normalized spacial score (nSPS) is 23.8. The molecule has 2 saturated carbocycles. The number of rotatable bonds is 6. The average Bonchev–Trinajstić information content (AvgIpc) is 3.23. The molecule has 2 fully saturated rings. The molecule has 1 aromatic carbocycles. The van der Waals surface area contributed by atoms with E-state index in [9.17, 15) is 4.79 Å². The van der Waals surface area contributed by atoms with Crippen molar-refractivity contribution < 1.29 is 9.53 Å². The number of benzene rings is 1. The van der Waals surface area contributed by atoms with Crippen molar-refractivity contribution in [3.63, 3.8) is 0 Å². The smallest absolute Gasteiger partial charge is 0.306 e. The largest absolute Gasteiger partial charge is 0.457 e. The first kappa shape index (κ1) is 16.8. The maximum Gasteiger partial charge on any atom is 0.306 e. The fourth-order valence-electron chi connectivity index (χ4n) is 4.25. The van der Waals surface area contributed by atoms with Crippen molar-refractivity contribution in [3.05, 3.63) is 36.2 Å². The molecule has 7 nitrogen and oxygen atoms in total. The second kappa shape index (κ2) is 7.27. The first-order chi connectivity index (χ1) is 12.7. The van der Waals surface area contributed by atoms with Crippen LogP contribution in [0.4, 0.5) is 17.6 Å². The van der Waals surface area contributed by atoms with Crippen molar-refractivity contribution in [1.29, 1.82) is 0 Å². The molecule has 0 spiro atoms. The van der Waals surface area contributed by atoms with Gasteiger partial charge < -0.3 is 15.8 Å². The number of nitrogens with one attached hydrogen (secondary N) is 1. The van der Waals surface area contributed by atoms with E-state index >= 15 is 0 Å². The van der Waals surface area contributed by atoms with Gasteiger partial charge in [0.1, 0.15) is 0 Å². The summed E-state index contributed by atoms with van der Waals surface area (Å²) in [6.07, 6.45) is 5.55. The minimum atomic E-state index is -0.181. The molecule has 0 amide bonds. The summed E-state index contributed by atoms with van der Waals surface area (Å²) in [6.45, 7) is 0.00976. The number of hydrogen-bond acceptors (Lipinski definition) is 7. The number of esters is 1. The molecule has 2 aromatic rings. The molecule has 0 radical (unpaired) electrons. The Balaban J connectivity index is 1.33. The standard InChI is InChI=1S/C19H23N5O2/c20-18-22-16(23-19(24-18)21-15-4-2-1-3-5-15)11-26-17(25)10-14-9-12-6-7-13(14)8-12/h1-5,12-14H,6-11H2,(H3,20,21,22,23,24)/t12-,13-,14+/m1/s1. The molecule has 2 bridgehead atoms. The summed E-state index contributed by atoms with van der Waals surface area (Å²) < 4.78 is 5.38. The molecule has 2 aliphatic rings. The Labute approximate surface area is 152 Å². The topological polar surface area (TPSA) is 103 Å². The van der Waals surface area contributed by atoms with Gasteiger partial charge in [-0.2, -0.15) is 15.0 Å². The SMILES string of the molecule is Nc1nc(COC(=O)C[C@@H]2C[C@@H]3CC[C@@H]2C3)nc(Nc2ccccc2)n1. The van der Waals surface area contributed by atoms with E-state index in [1.54, 1.807) is 0 Å². The zero-order valence-corrected chi connectivity index (χ0v) is 14.6. The highest BCUT2D eigenvalue weighted by molar-refractivity contribution is 5.69. The molecule has 0 unspecified atom stereocenters. The lowest BCUT2D eigenvalue weighted by Gasteiger charge is -2.20. The molecule has 1 aromatic heterocycles. The predicted molar refractivity (Wildman–Crippen MR) is 97.3 cm³/mol. The molecule has 0 aliphatic heterocycles. The summed E-state index contributed by atoms with van der Waals surface area (Å²) in [7, 11) is 0. The van der Waals surface area contributed by atoms with Crippen molar-refractivity contribution in [2.75, 3.05) is 11.1 Å². The molecule has 7 heteroatoms. The van der Waals surface area contributed by atoms with Gasteiger partial charge in [0.25, 0.3) is 0 Å². The van der Waals surface area contributed by atoms with Crippen molar-refractivity contribution in [1.82, 2.24) is 15.0 Å². The monoisotopic (exact) mass is 353 g/mol. The number of aromatic nitrogens is 3. The molecule has 4 rings (SSSR count). The highest BCUT2D eigenvalue weighted by Gasteiger charge is 2.40. The Hall–Kier alpha value is -2.70. The molecule has 0 saturated heterocycles. The molecule has 3 atom stereocenters. The molecular weight excluding hydrogens is 330 g/mol. The highest BCUT2D eigenvalue weighted by atomic mass is 16.5. The van der Waals surface area contributed by atoms with Crippen LogP contribution in [0.1, 0.15) is 37.9 Å². The third kappa shape index (κ3) is 3.92. The van der Waals surface area contributed by atoms with Gasteiger partial charge in [0, 0.05) is 12.1 Å². The van der Waals surface area contributed by atoms with Crippen LogP contribution in [-0.4, -0.2) is 20.9 Å². The second-order valence-electron chi connectivity index (χ2n) is 7.22. The van der Waals surface area contributed by atoms with E-state index in [0.717, 1.165) is 11.6 Å². The Morgan fingerprint density at radius 3 is 2.73 bits per heavy atom. The first-order valence-corrected chi connectivity index (χ1v) is 9.14. The number of fused-ring (bicyclic) bond motifs is 2. The van der Waals surface area contributed by atoms with Gasteiger partial charge in [-0.05, 0) is 49.1 Å². The van der Waals surface area contributed by atoms with Gasteiger partial charge in [0.15, 0.2) is 12.4 Å². The number of ether oxygens (including phenoxy) is 1. The number of nitrogens with two attached hydrogens (primary N) is 1. The minimum Gasteiger partial charge on any atom is -0.457 e. The van der Waals surface area contributed by atoms with Gasteiger partial charge in [-0.25, -0.2) is 0 Å². The van der Waals surface area contributed by atoms with Crippen molar-refractivity contribution in [3.8, 4) is 0 Å². The maximum atomic E-state index is 12.2. The number of hydrogen-bond donors (Lipinski definition) is 2. The Morgan fingerprint density at radius 2 is 2.00 bits per heavy atom. The highest BCUT2D eigenvalue weighted by Crippen LogP contribution is 2.49. The molecule has 2 aliphatic carbocycles. The van der Waals surface area contributed by atoms with E-state index in [0.29, 0.717) is 30.0 Å². The predicted octanol–water partition coefficient (Wildman–Crippen LogP) is 3.07. The van der Waals surface area contributed by atoms with E-state index in [1.165, 1.54) is 25.7 Å². The lowest BCUT2D eigenvalue weighted by molar-refractivity contribution is -0.146. The third-order valence-electron chi connectivity index (χ3n) is 5.40. The Bertz CT molecular complexity index is 783. The van der Waals surface area contributed by atoms with E-state index in [4.69, 9.17) is 10.5 Å². The summed E-state index contributed by atoms with van der Waals surface area (Å²) in [6, 6.07) is 9.54. The number of anilines is 3. The van der Waals surface area contributed by atoms with Crippen LogP contribution in [0, 0.1) is 17.8 Å². The van der Waals surface area contributed by atoms with E-state index < -0.39 is 0 Å². The fourth-order valence-corrected chi connectivity index (χ4v) is 4.25. The zero-order valence-electron chi connectivity index (χ0n) is 14.6. The van der Waals surface area contributed by atoms with Crippen LogP contribution in [0.25, 0.3) is 0 Å². The van der Waals surface area contributed by atoms with Gasteiger partial charge in [-0.3, -0.25) is 4.79 Å². The van der Waals surface area contributed by atoms with Gasteiger partial charge in [-0.15, -0.1) is 0 Å². The van der Waals surface area contributed by atoms with Gasteiger partial charge in [-0.1, -0.05) is 24.6 Å². The van der Waals surface area contributed by atoms with Crippen molar-refractivity contribution in [2.45, 2.75) is 38.7 Å². The lowest BCUT2D eigenvalue weighted by Crippen LogP contribution is -2.17. The number of nitrogen functional groups attached to an aromatic ring is 1. The Morgan fingerprint density at radius 1 is 1.15 bits per heavy atom. The van der Waals surface area contributed by atoms with E-state index in [2.05, 4.69) is 20.3 Å². The average molecular weight is 353 g/mol. The number of para-hydroxylation sites is 1. The lowest BCUT2D eigenvalue weighted by atomic mass is 9.86. The van der Waals surface area contributed by atoms with Crippen LogP contribution in [-0.2, 0) is 16.1 Å².